The zero-order valence-electron chi connectivity index (χ0n) is 9.79. The number of H-pyrrole nitrogens is 1. The fraction of sp³-hybridized carbons (Fsp3) is 0.455. The first-order valence-electron chi connectivity index (χ1n) is 5.46. The van der Waals surface area contributed by atoms with Crippen LogP contribution in [-0.2, 0) is 0 Å². The molecule has 0 fully saturated rings. The number of hydrogen-bond donors (Lipinski definition) is 3. The summed E-state index contributed by atoms with van der Waals surface area (Å²) in [6.07, 6.45) is 3.23. The van der Waals surface area contributed by atoms with Crippen molar-refractivity contribution in [3.63, 3.8) is 0 Å². The Hall–Kier alpha value is -1.31. The highest BCUT2D eigenvalue weighted by molar-refractivity contribution is 8.00. The van der Waals surface area contributed by atoms with Crippen LogP contribution in [0.3, 0.4) is 0 Å². The van der Waals surface area contributed by atoms with Crippen molar-refractivity contribution < 1.29 is 10.2 Å². The Morgan fingerprint density at radius 3 is 2.72 bits per heavy atom. The molecule has 0 saturated carbocycles. The van der Waals surface area contributed by atoms with E-state index >= 15 is 0 Å². The molecule has 7 heteroatoms. The molecule has 0 aliphatic carbocycles. The maximum Gasteiger partial charge on any atom is 0.329 e. The zero-order chi connectivity index (χ0) is 13.3. The van der Waals surface area contributed by atoms with Gasteiger partial charge in [0.1, 0.15) is 5.37 Å². The lowest BCUT2D eigenvalue weighted by molar-refractivity contribution is 0.284. The van der Waals surface area contributed by atoms with Crippen LogP contribution in [0.5, 0.6) is 0 Å². The maximum absolute atomic E-state index is 11.7. The standard InChI is InChI=1S/C11H14N2O4S/c1-6-3-13(11(17)12-10(6)16)9-2-7(4-14)8(5-15)18-9/h2-3,8-9,14-15H,4-5H2,1H3,(H,12,16,17)/t8-,9-/m1/s1. The molecule has 2 heterocycles. The second kappa shape index (κ2) is 5.13. The van der Waals surface area contributed by atoms with E-state index in [1.54, 1.807) is 13.0 Å². The van der Waals surface area contributed by atoms with Crippen molar-refractivity contribution in [3.8, 4) is 0 Å². The molecule has 0 radical (unpaired) electrons. The Labute approximate surface area is 107 Å². The lowest BCUT2D eigenvalue weighted by Gasteiger charge is -2.13. The van der Waals surface area contributed by atoms with Gasteiger partial charge in [0, 0.05) is 11.8 Å². The van der Waals surface area contributed by atoms with Gasteiger partial charge in [0.05, 0.1) is 18.5 Å². The third kappa shape index (κ3) is 2.29. The van der Waals surface area contributed by atoms with E-state index in [0.717, 1.165) is 0 Å². The summed E-state index contributed by atoms with van der Waals surface area (Å²) in [5, 5.41) is 17.8. The van der Waals surface area contributed by atoms with Crippen molar-refractivity contribution in [2.75, 3.05) is 13.2 Å². The molecule has 0 aromatic carbocycles. The molecule has 18 heavy (non-hydrogen) atoms. The number of aliphatic hydroxyl groups excluding tert-OH is 2. The maximum atomic E-state index is 11.7. The second-order valence-electron chi connectivity index (χ2n) is 4.08. The predicted octanol–water partition coefficient (Wildman–Crippen LogP) is -0.630. The highest BCUT2D eigenvalue weighted by Gasteiger charge is 2.27. The van der Waals surface area contributed by atoms with Crippen molar-refractivity contribution >= 4 is 11.8 Å². The summed E-state index contributed by atoms with van der Waals surface area (Å²) in [4.78, 5) is 25.2. The van der Waals surface area contributed by atoms with Gasteiger partial charge in [-0.15, -0.1) is 11.8 Å². The van der Waals surface area contributed by atoms with Gasteiger partial charge in [0.25, 0.3) is 5.56 Å². The van der Waals surface area contributed by atoms with Gasteiger partial charge in [-0.05, 0) is 18.6 Å². The highest BCUT2D eigenvalue weighted by Crippen LogP contribution is 2.38. The zero-order valence-corrected chi connectivity index (χ0v) is 10.6. The number of rotatable bonds is 3. The fourth-order valence-corrected chi connectivity index (χ4v) is 3.11. The smallest absolute Gasteiger partial charge is 0.329 e. The van der Waals surface area contributed by atoms with Crippen LogP contribution in [0.4, 0.5) is 0 Å². The second-order valence-corrected chi connectivity index (χ2v) is 5.40. The molecule has 0 amide bonds. The average molecular weight is 270 g/mol. The normalized spacial score (nSPS) is 23.2. The third-order valence-electron chi connectivity index (χ3n) is 2.84. The van der Waals surface area contributed by atoms with E-state index in [1.165, 1.54) is 22.5 Å². The Morgan fingerprint density at radius 1 is 1.44 bits per heavy atom. The largest absolute Gasteiger partial charge is 0.395 e. The molecular formula is C11H14N2O4S. The Morgan fingerprint density at radius 2 is 2.17 bits per heavy atom. The van der Waals surface area contributed by atoms with E-state index in [4.69, 9.17) is 5.11 Å². The topological polar surface area (TPSA) is 95.3 Å². The van der Waals surface area contributed by atoms with E-state index in [1.807, 2.05) is 0 Å². The van der Waals surface area contributed by atoms with Gasteiger partial charge in [-0.25, -0.2) is 4.79 Å². The van der Waals surface area contributed by atoms with Gasteiger partial charge in [-0.1, -0.05) is 0 Å². The SMILES string of the molecule is Cc1cn([C@H]2C=C(CO)[C@@H](CO)S2)c(=O)[nH]c1=O. The van der Waals surface area contributed by atoms with Gasteiger partial charge < -0.3 is 10.2 Å². The molecule has 1 aromatic heterocycles. The van der Waals surface area contributed by atoms with Crippen LogP contribution in [0.15, 0.2) is 27.4 Å². The molecule has 98 valence electrons. The van der Waals surface area contributed by atoms with Crippen LogP contribution >= 0.6 is 11.8 Å². The predicted molar refractivity (Wildman–Crippen MR) is 68.7 cm³/mol. The van der Waals surface area contributed by atoms with Gasteiger partial charge in [-0.3, -0.25) is 14.3 Å². The summed E-state index contributed by atoms with van der Waals surface area (Å²) in [7, 11) is 0. The van der Waals surface area contributed by atoms with E-state index in [-0.39, 0.29) is 23.8 Å². The average Bonchev–Trinajstić information content (AvgIpc) is 2.76. The van der Waals surface area contributed by atoms with Crippen molar-refractivity contribution in [2.24, 2.45) is 0 Å². The molecule has 2 atom stereocenters. The molecule has 0 bridgehead atoms. The number of aliphatic hydroxyl groups is 2. The van der Waals surface area contributed by atoms with Crippen LogP contribution in [0, 0.1) is 6.92 Å². The summed E-state index contributed by atoms with van der Waals surface area (Å²) < 4.78 is 1.40. The number of nitrogens with zero attached hydrogens (tertiary/aromatic N) is 1. The number of aromatic amines is 1. The van der Waals surface area contributed by atoms with Crippen LogP contribution in [0.2, 0.25) is 0 Å². The van der Waals surface area contributed by atoms with E-state index in [9.17, 15) is 14.7 Å². The summed E-state index contributed by atoms with van der Waals surface area (Å²) in [6.45, 7) is 1.38. The number of thioether (sulfide) groups is 1. The molecule has 3 N–H and O–H groups in total. The summed E-state index contributed by atoms with van der Waals surface area (Å²) >= 11 is 1.36. The quantitative estimate of drug-likeness (QED) is 0.636. The van der Waals surface area contributed by atoms with E-state index < -0.39 is 11.2 Å². The number of aryl methyl sites for hydroxylation is 1. The minimum atomic E-state index is -0.491. The van der Waals surface area contributed by atoms with E-state index in [2.05, 4.69) is 4.98 Å². The first kappa shape index (κ1) is 13.1. The lowest BCUT2D eigenvalue weighted by Crippen LogP contribution is -2.31. The minimum Gasteiger partial charge on any atom is -0.395 e. The van der Waals surface area contributed by atoms with Gasteiger partial charge in [0.15, 0.2) is 0 Å². The van der Waals surface area contributed by atoms with Crippen molar-refractivity contribution in [1.82, 2.24) is 9.55 Å². The molecule has 0 spiro atoms. The summed E-state index contributed by atoms with van der Waals surface area (Å²) in [6, 6.07) is 0. The first-order chi connectivity index (χ1) is 8.56. The summed E-state index contributed by atoms with van der Waals surface area (Å²) in [5.74, 6) is 0. The van der Waals surface area contributed by atoms with Gasteiger partial charge in [0.2, 0.25) is 0 Å². The fourth-order valence-electron chi connectivity index (χ4n) is 1.82. The molecule has 2 rings (SSSR count). The molecule has 1 aromatic rings. The Kier molecular flexibility index (Phi) is 3.74. The molecule has 0 saturated heterocycles. The monoisotopic (exact) mass is 270 g/mol. The van der Waals surface area contributed by atoms with Crippen LogP contribution in [0.25, 0.3) is 0 Å². The lowest BCUT2D eigenvalue weighted by atomic mass is 10.2. The molecule has 1 aliphatic heterocycles. The summed E-state index contributed by atoms with van der Waals surface area (Å²) in [5.41, 5.74) is 0.254. The Balaban J connectivity index is 2.40. The molecular weight excluding hydrogens is 256 g/mol. The first-order valence-corrected chi connectivity index (χ1v) is 6.41. The minimum absolute atomic E-state index is 0.0926. The molecule has 6 nitrogen and oxygen atoms in total. The van der Waals surface area contributed by atoms with Crippen molar-refractivity contribution in [2.45, 2.75) is 17.5 Å². The molecule has 0 unspecified atom stereocenters. The Bertz CT molecular complexity index is 589. The number of hydrogen-bond acceptors (Lipinski definition) is 5. The van der Waals surface area contributed by atoms with Crippen molar-refractivity contribution in [1.29, 1.82) is 0 Å². The van der Waals surface area contributed by atoms with Gasteiger partial charge in [-0.2, -0.15) is 0 Å². The van der Waals surface area contributed by atoms with Crippen LogP contribution in [0.1, 0.15) is 10.9 Å². The van der Waals surface area contributed by atoms with Crippen LogP contribution < -0.4 is 11.2 Å². The highest BCUT2D eigenvalue weighted by atomic mass is 32.2. The number of nitrogens with one attached hydrogen (secondary N) is 1. The molecule has 1 aliphatic rings. The van der Waals surface area contributed by atoms with Crippen molar-refractivity contribution in [3.05, 3.63) is 44.2 Å². The third-order valence-corrected chi connectivity index (χ3v) is 4.26. The van der Waals surface area contributed by atoms with E-state index in [0.29, 0.717) is 11.1 Å². The number of aromatic nitrogens is 2. The van der Waals surface area contributed by atoms with Crippen LogP contribution in [-0.4, -0.2) is 38.2 Å². The van der Waals surface area contributed by atoms with Gasteiger partial charge >= 0.3 is 5.69 Å².